The van der Waals surface area contributed by atoms with Gasteiger partial charge in [-0.2, -0.15) is 0 Å². The van der Waals surface area contributed by atoms with E-state index in [1.54, 1.807) is 6.07 Å². The first-order valence-corrected chi connectivity index (χ1v) is 6.62. The van der Waals surface area contributed by atoms with Gasteiger partial charge in [0, 0.05) is 29.7 Å². The maximum atomic E-state index is 11.5. The molecule has 7 heteroatoms. The van der Waals surface area contributed by atoms with Crippen molar-refractivity contribution in [3.8, 4) is 0 Å². The highest BCUT2D eigenvalue weighted by atomic mass is 35.5. The molecule has 1 aliphatic rings. The summed E-state index contributed by atoms with van der Waals surface area (Å²) in [6.45, 7) is 1.67. The number of benzene rings is 1. The summed E-state index contributed by atoms with van der Waals surface area (Å²) in [4.78, 5) is 24.0. The highest BCUT2D eigenvalue weighted by molar-refractivity contribution is 6.30. The van der Waals surface area contributed by atoms with Gasteiger partial charge in [0.1, 0.15) is 0 Å². The van der Waals surface area contributed by atoms with Crippen molar-refractivity contribution in [1.29, 1.82) is 0 Å². The third-order valence-corrected chi connectivity index (χ3v) is 3.67. The van der Waals surface area contributed by atoms with Crippen LogP contribution in [0.25, 0.3) is 0 Å². The molecule has 0 aliphatic carbocycles. The van der Waals surface area contributed by atoms with Gasteiger partial charge in [-0.25, -0.2) is 0 Å². The molecule has 0 saturated carbocycles. The van der Waals surface area contributed by atoms with Gasteiger partial charge in [-0.1, -0.05) is 11.6 Å². The van der Waals surface area contributed by atoms with Crippen molar-refractivity contribution < 1.29 is 14.5 Å². The molecule has 1 unspecified atom stereocenters. The summed E-state index contributed by atoms with van der Waals surface area (Å²) < 4.78 is 4.72. The van der Waals surface area contributed by atoms with E-state index in [-0.39, 0.29) is 17.6 Å². The van der Waals surface area contributed by atoms with Gasteiger partial charge >= 0.3 is 5.97 Å². The van der Waals surface area contributed by atoms with Crippen LogP contribution in [0.1, 0.15) is 12.0 Å². The molecule has 0 radical (unpaired) electrons. The fourth-order valence-corrected chi connectivity index (χ4v) is 2.63. The Morgan fingerprint density at radius 2 is 2.35 bits per heavy atom. The highest BCUT2D eigenvalue weighted by Crippen LogP contribution is 2.26. The van der Waals surface area contributed by atoms with Crippen LogP contribution in [0.3, 0.4) is 0 Å². The van der Waals surface area contributed by atoms with Gasteiger partial charge in [0.05, 0.1) is 18.0 Å². The number of rotatable bonds is 4. The molecular formula is C13H15ClN2O4. The lowest BCUT2D eigenvalue weighted by Crippen LogP contribution is -2.24. The minimum atomic E-state index is -0.417. The second-order valence-corrected chi connectivity index (χ2v) is 5.21. The summed E-state index contributed by atoms with van der Waals surface area (Å²) in [6.07, 6.45) is 0.709. The van der Waals surface area contributed by atoms with E-state index < -0.39 is 4.92 Å². The molecule has 20 heavy (non-hydrogen) atoms. The van der Waals surface area contributed by atoms with Crippen molar-refractivity contribution in [1.82, 2.24) is 4.90 Å². The Balaban J connectivity index is 2.09. The van der Waals surface area contributed by atoms with Gasteiger partial charge in [-0.15, -0.1) is 0 Å². The summed E-state index contributed by atoms with van der Waals surface area (Å²) in [5.41, 5.74) is 0.615. The van der Waals surface area contributed by atoms with Crippen molar-refractivity contribution in [3.63, 3.8) is 0 Å². The Kier molecular flexibility index (Phi) is 4.57. The van der Waals surface area contributed by atoms with Crippen molar-refractivity contribution in [3.05, 3.63) is 38.9 Å². The number of likely N-dealkylation sites (tertiary alicyclic amines) is 1. The molecule has 6 nitrogen and oxygen atoms in total. The lowest BCUT2D eigenvalue weighted by molar-refractivity contribution is -0.385. The van der Waals surface area contributed by atoms with Gasteiger partial charge in [0.25, 0.3) is 5.69 Å². The quantitative estimate of drug-likeness (QED) is 0.484. The predicted molar refractivity (Wildman–Crippen MR) is 73.5 cm³/mol. The average molecular weight is 299 g/mol. The van der Waals surface area contributed by atoms with Crippen molar-refractivity contribution in [2.45, 2.75) is 13.0 Å². The number of ether oxygens (including phenoxy) is 1. The second-order valence-electron chi connectivity index (χ2n) is 4.77. The van der Waals surface area contributed by atoms with Crippen molar-refractivity contribution in [2.24, 2.45) is 5.92 Å². The molecule has 0 aromatic heterocycles. The Morgan fingerprint density at radius 1 is 1.60 bits per heavy atom. The van der Waals surface area contributed by atoms with E-state index >= 15 is 0 Å². The summed E-state index contributed by atoms with van der Waals surface area (Å²) in [5, 5.41) is 11.5. The molecular weight excluding hydrogens is 284 g/mol. The molecule has 1 fully saturated rings. The first-order valence-electron chi connectivity index (χ1n) is 6.24. The minimum absolute atomic E-state index is 0.0518. The summed E-state index contributed by atoms with van der Waals surface area (Å²) in [6, 6.07) is 4.51. The van der Waals surface area contributed by atoms with E-state index in [0.29, 0.717) is 36.6 Å². The molecule has 0 amide bonds. The molecule has 1 heterocycles. The lowest BCUT2D eigenvalue weighted by Gasteiger charge is -2.15. The normalized spacial score (nSPS) is 19.0. The summed E-state index contributed by atoms with van der Waals surface area (Å²) in [7, 11) is 1.37. The Bertz CT molecular complexity index is 535. The van der Waals surface area contributed by atoms with Crippen LogP contribution in [-0.4, -0.2) is 36.0 Å². The van der Waals surface area contributed by atoms with Crippen LogP contribution in [0.5, 0.6) is 0 Å². The van der Waals surface area contributed by atoms with Crippen LogP contribution in [0.2, 0.25) is 5.02 Å². The van der Waals surface area contributed by atoms with E-state index in [1.165, 1.54) is 19.2 Å². The largest absolute Gasteiger partial charge is 0.469 e. The number of hydrogen-bond donors (Lipinski definition) is 0. The number of methoxy groups -OCH3 is 1. The molecule has 2 rings (SSSR count). The Hall–Kier alpha value is -1.66. The van der Waals surface area contributed by atoms with E-state index in [1.807, 2.05) is 4.90 Å². The summed E-state index contributed by atoms with van der Waals surface area (Å²) in [5.74, 6) is -0.383. The van der Waals surface area contributed by atoms with Crippen LogP contribution < -0.4 is 0 Å². The predicted octanol–water partition coefficient (Wildman–Crippen LogP) is 2.24. The molecule has 0 bridgehead atoms. The van der Waals surface area contributed by atoms with E-state index in [4.69, 9.17) is 16.3 Å². The van der Waals surface area contributed by atoms with E-state index in [2.05, 4.69) is 0 Å². The maximum absolute atomic E-state index is 11.5. The first kappa shape index (κ1) is 14.7. The number of nitro groups is 1. The van der Waals surface area contributed by atoms with Crippen LogP contribution in [0.4, 0.5) is 5.69 Å². The number of halogens is 1. The molecule has 1 atom stereocenters. The fraction of sp³-hybridized carbons (Fsp3) is 0.462. The molecule has 1 aromatic rings. The fourth-order valence-electron chi connectivity index (χ4n) is 2.44. The molecule has 1 saturated heterocycles. The van der Waals surface area contributed by atoms with Gasteiger partial charge < -0.3 is 4.74 Å². The maximum Gasteiger partial charge on any atom is 0.310 e. The van der Waals surface area contributed by atoms with E-state index in [0.717, 1.165) is 0 Å². The topological polar surface area (TPSA) is 72.7 Å². The zero-order valence-corrected chi connectivity index (χ0v) is 11.8. The smallest absolute Gasteiger partial charge is 0.310 e. The number of esters is 1. The van der Waals surface area contributed by atoms with Crippen LogP contribution in [-0.2, 0) is 16.1 Å². The SMILES string of the molecule is COC(=O)C1CCN(Cc2cc(Cl)ccc2[N+](=O)[O-])C1. The Morgan fingerprint density at radius 3 is 3.00 bits per heavy atom. The molecule has 108 valence electrons. The van der Waals surface area contributed by atoms with Gasteiger partial charge in [0.2, 0.25) is 0 Å². The van der Waals surface area contributed by atoms with Crippen LogP contribution in [0, 0.1) is 16.0 Å². The number of nitro benzene ring substituents is 1. The first-order chi connectivity index (χ1) is 9.51. The number of hydrogen-bond acceptors (Lipinski definition) is 5. The van der Waals surface area contributed by atoms with Crippen molar-refractivity contribution >= 4 is 23.3 Å². The number of carbonyl (C=O) groups is 1. The zero-order valence-electron chi connectivity index (χ0n) is 11.0. The van der Waals surface area contributed by atoms with E-state index in [9.17, 15) is 14.9 Å². The Labute approximate surface area is 121 Å². The highest BCUT2D eigenvalue weighted by Gasteiger charge is 2.30. The van der Waals surface area contributed by atoms with Gasteiger partial charge in [-0.05, 0) is 25.1 Å². The third-order valence-electron chi connectivity index (χ3n) is 3.44. The van der Waals surface area contributed by atoms with Gasteiger partial charge in [-0.3, -0.25) is 19.8 Å². The molecule has 1 aromatic carbocycles. The standard InChI is InChI=1S/C13H15ClN2O4/c1-20-13(17)9-4-5-15(7-9)8-10-6-11(14)2-3-12(10)16(18)19/h2-3,6,9H,4-5,7-8H2,1H3. The molecule has 0 spiro atoms. The lowest BCUT2D eigenvalue weighted by atomic mass is 10.1. The average Bonchev–Trinajstić information content (AvgIpc) is 2.86. The molecule has 0 N–H and O–H groups in total. The van der Waals surface area contributed by atoms with Gasteiger partial charge in [0.15, 0.2) is 0 Å². The van der Waals surface area contributed by atoms with Crippen LogP contribution >= 0.6 is 11.6 Å². The molecule has 1 aliphatic heterocycles. The second kappa shape index (κ2) is 6.19. The monoisotopic (exact) mass is 298 g/mol. The van der Waals surface area contributed by atoms with Crippen LogP contribution in [0.15, 0.2) is 18.2 Å². The number of carbonyl (C=O) groups excluding carboxylic acids is 1. The zero-order chi connectivity index (χ0) is 14.7. The van der Waals surface area contributed by atoms with Crippen molar-refractivity contribution in [2.75, 3.05) is 20.2 Å². The number of nitrogens with zero attached hydrogens (tertiary/aromatic N) is 2. The third kappa shape index (κ3) is 3.26. The summed E-state index contributed by atoms with van der Waals surface area (Å²) >= 11 is 5.89. The minimum Gasteiger partial charge on any atom is -0.469 e.